The molecule has 0 atom stereocenters. The van der Waals surface area contributed by atoms with Crippen molar-refractivity contribution in [3.8, 4) is 50.6 Å². The van der Waals surface area contributed by atoms with Gasteiger partial charge in [0.25, 0.3) is 0 Å². The highest BCUT2D eigenvalue weighted by Crippen LogP contribution is 2.43. The Bertz CT molecular complexity index is 3110. The summed E-state index contributed by atoms with van der Waals surface area (Å²) in [6.07, 6.45) is 6.01. The highest BCUT2D eigenvalue weighted by atomic mass is 32.1. The molecule has 0 aliphatic carbocycles. The Morgan fingerprint density at radius 3 is 2.05 bits per heavy atom. The maximum Gasteiger partial charge on any atom is 0.235 e. The third-order valence-electron chi connectivity index (χ3n) is 10.5. The fraction of sp³-hybridized carbons (Fsp3) is 0.0196. The molecule has 4 heteroatoms. The number of rotatable bonds is 7. The summed E-state index contributed by atoms with van der Waals surface area (Å²) in [7, 11) is 0. The minimum absolute atomic E-state index is 0.647. The first-order valence-electron chi connectivity index (χ1n) is 18.5. The molecule has 0 aliphatic heterocycles. The van der Waals surface area contributed by atoms with E-state index in [4.69, 9.17) is 9.97 Å². The number of benzene rings is 7. The van der Waals surface area contributed by atoms with Gasteiger partial charge < -0.3 is 0 Å². The first-order chi connectivity index (χ1) is 27.1. The summed E-state index contributed by atoms with van der Waals surface area (Å²) < 4.78 is 3.56. The van der Waals surface area contributed by atoms with E-state index >= 15 is 0 Å². The Labute approximate surface area is 323 Å². The van der Waals surface area contributed by atoms with Crippen LogP contribution in [0.3, 0.4) is 0 Å². The maximum atomic E-state index is 5.39. The summed E-state index contributed by atoms with van der Waals surface area (Å²) in [6, 6.07) is 58.6. The van der Waals surface area contributed by atoms with E-state index in [0.717, 1.165) is 60.7 Å². The van der Waals surface area contributed by atoms with E-state index in [9.17, 15) is 0 Å². The second-order valence-electron chi connectivity index (χ2n) is 13.9. The van der Waals surface area contributed by atoms with Gasteiger partial charge in [-0.15, -0.1) is 11.3 Å². The molecule has 10 aromatic rings. The molecule has 0 aliphatic rings. The van der Waals surface area contributed by atoms with Crippen LogP contribution in [0.25, 0.3) is 99.5 Å². The van der Waals surface area contributed by atoms with E-state index in [1.165, 1.54) is 37.2 Å². The number of fused-ring (bicyclic) bond motifs is 5. The Balaban J connectivity index is 1.25. The number of aryl methyl sites for hydroxylation is 1. The van der Waals surface area contributed by atoms with Crippen molar-refractivity contribution in [2.24, 2.45) is 0 Å². The monoisotopic (exact) mass is 721 g/mol. The molecule has 0 saturated heterocycles. The number of hydrogen-bond donors (Lipinski definition) is 0. The molecule has 0 bridgehead atoms. The number of para-hydroxylation sites is 2. The van der Waals surface area contributed by atoms with Gasteiger partial charge in [0.1, 0.15) is 0 Å². The largest absolute Gasteiger partial charge is 0.277 e. The molecule has 0 fully saturated rings. The number of aromatic nitrogens is 3. The fourth-order valence-electron chi connectivity index (χ4n) is 7.96. The van der Waals surface area contributed by atoms with Crippen LogP contribution in [-0.2, 0) is 0 Å². The highest BCUT2D eigenvalue weighted by molar-refractivity contribution is 7.19. The van der Waals surface area contributed by atoms with Crippen molar-refractivity contribution >= 4 is 60.2 Å². The van der Waals surface area contributed by atoms with Gasteiger partial charge in [0.05, 0.1) is 22.2 Å². The lowest BCUT2D eigenvalue weighted by Crippen LogP contribution is -2.04. The quantitative estimate of drug-likeness (QED) is 0.153. The van der Waals surface area contributed by atoms with Crippen LogP contribution in [0.4, 0.5) is 0 Å². The lowest BCUT2D eigenvalue weighted by Gasteiger charge is -2.15. The third-order valence-corrected chi connectivity index (χ3v) is 11.6. The van der Waals surface area contributed by atoms with Crippen LogP contribution in [0.2, 0.25) is 0 Å². The zero-order chi connectivity index (χ0) is 36.9. The summed E-state index contributed by atoms with van der Waals surface area (Å²) in [5, 5.41) is 4.61. The van der Waals surface area contributed by atoms with E-state index in [2.05, 4.69) is 182 Å². The average Bonchev–Trinajstić information content (AvgIpc) is 3.75. The van der Waals surface area contributed by atoms with Gasteiger partial charge in [-0.25, -0.2) is 9.97 Å². The van der Waals surface area contributed by atoms with Crippen LogP contribution in [0.1, 0.15) is 10.4 Å². The standard InChI is InChI=1S/C51H35N3S/c1-3-4-22-40-33(2)55-48-32-37(27-28-42(40)48)36-20-15-21-38(29-36)44-30-39(34-16-7-5-8-17-34)31-45-41-23-12-14-26-47(41)54(50(44)45)51-52-46-25-13-11-24-43(46)49(53-51)35-18-9-6-10-19-35/h3-32H,1H2,2H3/b22-4-. The van der Waals surface area contributed by atoms with Gasteiger partial charge in [0, 0.05) is 36.9 Å². The second-order valence-corrected chi connectivity index (χ2v) is 15.1. The highest BCUT2D eigenvalue weighted by Gasteiger charge is 2.22. The van der Waals surface area contributed by atoms with Crippen molar-refractivity contribution in [1.82, 2.24) is 14.5 Å². The van der Waals surface area contributed by atoms with Crippen LogP contribution in [0, 0.1) is 6.92 Å². The predicted octanol–water partition coefficient (Wildman–Crippen LogP) is 14.1. The van der Waals surface area contributed by atoms with E-state index in [0.29, 0.717) is 5.95 Å². The van der Waals surface area contributed by atoms with Crippen LogP contribution < -0.4 is 0 Å². The summed E-state index contributed by atoms with van der Waals surface area (Å²) in [5.74, 6) is 0.647. The minimum atomic E-state index is 0.647. The first kappa shape index (κ1) is 32.7. The second kappa shape index (κ2) is 13.5. The summed E-state index contributed by atoms with van der Waals surface area (Å²) >= 11 is 1.84. The molecule has 0 N–H and O–H groups in total. The SMILES string of the molecule is C=C/C=C\c1c(C)sc2cc(-c3cccc(-c4cc(-c5ccccc5)cc5c6ccccc6n(-c6nc(-c7ccccc7)c7ccccc7n6)c45)c3)ccc12. The van der Waals surface area contributed by atoms with Crippen molar-refractivity contribution in [2.45, 2.75) is 6.92 Å². The summed E-state index contributed by atoms with van der Waals surface area (Å²) in [4.78, 5) is 12.0. The zero-order valence-electron chi connectivity index (χ0n) is 30.3. The number of hydrogen-bond acceptors (Lipinski definition) is 3. The molecule has 0 unspecified atom stereocenters. The molecular formula is C51H35N3S. The first-order valence-corrected chi connectivity index (χ1v) is 19.3. The Morgan fingerprint density at radius 2 is 1.24 bits per heavy atom. The summed E-state index contributed by atoms with van der Waals surface area (Å²) in [6.45, 7) is 6.06. The van der Waals surface area contributed by atoms with Gasteiger partial charge in [-0.1, -0.05) is 152 Å². The van der Waals surface area contributed by atoms with Gasteiger partial charge >= 0.3 is 0 Å². The number of nitrogens with zero attached hydrogens (tertiary/aromatic N) is 3. The van der Waals surface area contributed by atoms with Gasteiger partial charge in [0.2, 0.25) is 5.95 Å². The van der Waals surface area contributed by atoms with Crippen molar-refractivity contribution in [3.05, 3.63) is 193 Å². The van der Waals surface area contributed by atoms with Gasteiger partial charge in [0.15, 0.2) is 0 Å². The lowest BCUT2D eigenvalue weighted by atomic mass is 9.93. The maximum absolute atomic E-state index is 5.39. The lowest BCUT2D eigenvalue weighted by molar-refractivity contribution is 1.01. The topological polar surface area (TPSA) is 30.7 Å². The normalized spacial score (nSPS) is 11.7. The third kappa shape index (κ3) is 5.67. The van der Waals surface area contributed by atoms with Gasteiger partial charge in [-0.2, -0.15) is 0 Å². The van der Waals surface area contributed by atoms with Gasteiger partial charge in [-0.3, -0.25) is 4.57 Å². The van der Waals surface area contributed by atoms with Crippen molar-refractivity contribution in [1.29, 1.82) is 0 Å². The molecule has 10 rings (SSSR count). The predicted molar refractivity (Wildman–Crippen MR) is 235 cm³/mol. The smallest absolute Gasteiger partial charge is 0.235 e. The molecule has 0 amide bonds. The van der Waals surface area contributed by atoms with Crippen molar-refractivity contribution in [3.63, 3.8) is 0 Å². The number of allylic oxidation sites excluding steroid dienone is 2. The van der Waals surface area contributed by atoms with E-state index in [-0.39, 0.29) is 0 Å². The van der Waals surface area contributed by atoms with Crippen molar-refractivity contribution in [2.75, 3.05) is 0 Å². The van der Waals surface area contributed by atoms with Gasteiger partial charge in [-0.05, 0) is 82.1 Å². The molecule has 0 spiro atoms. The summed E-state index contributed by atoms with van der Waals surface area (Å²) in [5.41, 5.74) is 13.2. The van der Waals surface area contributed by atoms with E-state index in [1.807, 2.05) is 29.6 Å². The molecule has 260 valence electrons. The Hall–Kier alpha value is -6.88. The molecule has 3 heterocycles. The number of thiophene rings is 1. The van der Waals surface area contributed by atoms with Crippen LogP contribution in [0.15, 0.2) is 183 Å². The van der Waals surface area contributed by atoms with Crippen LogP contribution in [-0.4, -0.2) is 14.5 Å². The molecule has 3 nitrogen and oxygen atoms in total. The molecule has 55 heavy (non-hydrogen) atoms. The molecule has 0 radical (unpaired) electrons. The minimum Gasteiger partial charge on any atom is -0.277 e. The fourth-order valence-corrected chi connectivity index (χ4v) is 9.05. The molecule has 0 saturated carbocycles. The zero-order valence-corrected chi connectivity index (χ0v) is 31.1. The molecule has 3 aromatic heterocycles. The Morgan fingerprint density at radius 1 is 0.545 bits per heavy atom. The van der Waals surface area contributed by atoms with Crippen LogP contribution in [0.5, 0.6) is 0 Å². The molecular weight excluding hydrogens is 687 g/mol. The average molecular weight is 722 g/mol. The molecule has 7 aromatic carbocycles. The van der Waals surface area contributed by atoms with E-state index < -0.39 is 0 Å². The Kier molecular flexibility index (Phi) is 8.05. The van der Waals surface area contributed by atoms with Crippen molar-refractivity contribution < 1.29 is 0 Å². The van der Waals surface area contributed by atoms with Crippen LogP contribution >= 0.6 is 11.3 Å². The van der Waals surface area contributed by atoms with E-state index in [1.54, 1.807) is 0 Å².